The normalized spacial score (nSPS) is 16.3. The Balaban J connectivity index is 1.36. The summed E-state index contributed by atoms with van der Waals surface area (Å²) in [7, 11) is 0. The summed E-state index contributed by atoms with van der Waals surface area (Å²) in [6.45, 7) is 3.44. The third-order valence-electron chi connectivity index (χ3n) is 6.67. The van der Waals surface area contributed by atoms with Gasteiger partial charge in [-0.25, -0.2) is 14.4 Å². The summed E-state index contributed by atoms with van der Waals surface area (Å²) in [5, 5.41) is 2.30. The number of hydrogen-bond donors (Lipinski definition) is 1. The van der Waals surface area contributed by atoms with E-state index in [0.717, 1.165) is 35.3 Å². The lowest BCUT2D eigenvalue weighted by atomic mass is 9.98. The standard InChI is InChI=1S/C27H29F3N2O6/c28-27(29,30)25(34)38-24(33)23(11-5-6-12-32-13-15-36-16-14-32)31-26(35)37-17-22-20-9-3-1-7-18(20)19-8-2-4-10-21(19)22/h1-4,7-10,22-23H,5-6,11-17H2,(H,31,35)/t23-/m0/s1. The van der Waals surface area contributed by atoms with Crippen molar-refractivity contribution in [1.82, 2.24) is 10.2 Å². The number of alkyl carbamates (subject to hydrolysis) is 1. The van der Waals surface area contributed by atoms with Crippen LogP contribution >= 0.6 is 0 Å². The van der Waals surface area contributed by atoms with Gasteiger partial charge in [0, 0.05) is 19.0 Å². The molecule has 1 N–H and O–H groups in total. The van der Waals surface area contributed by atoms with Crippen molar-refractivity contribution in [3.63, 3.8) is 0 Å². The zero-order valence-electron chi connectivity index (χ0n) is 20.7. The topological polar surface area (TPSA) is 94.2 Å². The van der Waals surface area contributed by atoms with E-state index in [4.69, 9.17) is 9.47 Å². The second-order valence-corrected chi connectivity index (χ2v) is 9.18. The van der Waals surface area contributed by atoms with E-state index >= 15 is 0 Å². The largest absolute Gasteiger partial charge is 0.491 e. The highest BCUT2D eigenvalue weighted by Crippen LogP contribution is 2.44. The number of rotatable bonds is 9. The average Bonchev–Trinajstić information content (AvgIpc) is 3.23. The van der Waals surface area contributed by atoms with Crippen LogP contribution in [0.4, 0.5) is 18.0 Å². The van der Waals surface area contributed by atoms with E-state index in [1.807, 2.05) is 48.5 Å². The average molecular weight is 535 g/mol. The Morgan fingerprint density at radius 3 is 2.18 bits per heavy atom. The lowest BCUT2D eigenvalue weighted by Gasteiger charge is -2.26. The number of halogens is 3. The van der Waals surface area contributed by atoms with Gasteiger partial charge >= 0.3 is 24.2 Å². The van der Waals surface area contributed by atoms with Crippen LogP contribution in [0.3, 0.4) is 0 Å². The fourth-order valence-electron chi connectivity index (χ4n) is 4.76. The predicted molar refractivity (Wildman–Crippen MR) is 130 cm³/mol. The summed E-state index contributed by atoms with van der Waals surface area (Å²) in [5.74, 6) is -4.35. The zero-order chi connectivity index (χ0) is 27.1. The first-order chi connectivity index (χ1) is 18.2. The molecule has 1 amide bonds. The van der Waals surface area contributed by atoms with Crippen molar-refractivity contribution in [3.05, 3.63) is 59.7 Å². The van der Waals surface area contributed by atoms with Crippen LogP contribution in [-0.4, -0.2) is 74.6 Å². The van der Waals surface area contributed by atoms with Gasteiger partial charge in [0.2, 0.25) is 0 Å². The Labute approximate surface area is 218 Å². The Morgan fingerprint density at radius 2 is 1.58 bits per heavy atom. The van der Waals surface area contributed by atoms with Gasteiger partial charge in [-0.2, -0.15) is 13.2 Å². The lowest BCUT2D eigenvalue weighted by Crippen LogP contribution is -2.44. The molecule has 0 radical (unpaired) electrons. The minimum absolute atomic E-state index is 0.0154. The Kier molecular flexibility index (Phi) is 9.01. The molecule has 0 unspecified atom stereocenters. The Hall–Kier alpha value is -3.44. The molecule has 1 heterocycles. The number of nitrogens with zero attached hydrogens (tertiary/aromatic N) is 1. The summed E-state index contributed by atoms with van der Waals surface area (Å²) < 4.78 is 52.6. The van der Waals surface area contributed by atoms with E-state index in [1.54, 1.807) is 0 Å². The molecule has 4 rings (SSSR count). The number of esters is 2. The highest BCUT2D eigenvalue weighted by molar-refractivity contribution is 5.92. The minimum atomic E-state index is -5.33. The molecule has 0 saturated carbocycles. The monoisotopic (exact) mass is 534 g/mol. The second kappa shape index (κ2) is 12.4. The Morgan fingerprint density at radius 1 is 0.974 bits per heavy atom. The van der Waals surface area contributed by atoms with Crippen LogP contribution < -0.4 is 5.32 Å². The molecule has 1 saturated heterocycles. The predicted octanol–water partition coefficient (Wildman–Crippen LogP) is 4.03. The van der Waals surface area contributed by atoms with E-state index in [0.29, 0.717) is 32.6 Å². The van der Waals surface area contributed by atoms with Crippen molar-refractivity contribution in [2.45, 2.75) is 37.4 Å². The summed E-state index contributed by atoms with van der Waals surface area (Å²) >= 11 is 0. The first-order valence-corrected chi connectivity index (χ1v) is 12.5. The molecular weight excluding hydrogens is 505 g/mol. The number of morpholine rings is 1. The highest BCUT2D eigenvalue weighted by atomic mass is 19.4. The molecule has 2 aliphatic rings. The summed E-state index contributed by atoms with van der Waals surface area (Å²) in [6.07, 6.45) is -5.30. The molecule has 8 nitrogen and oxygen atoms in total. The maximum absolute atomic E-state index is 12.6. The fraction of sp³-hybridized carbons (Fsp3) is 0.444. The maximum atomic E-state index is 12.6. The number of hydrogen-bond acceptors (Lipinski definition) is 7. The summed E-state index contributed by atoms with van der Waals surface area (Å²) in [6, 6.07) is 14.0. The van der Waals surface area contributed by atoms with Crippen LogP contribution in [0.2, 0.25) is 0 Å². The quantitative estimate of drug-likeness (QED) is 0.295. The molecule has 2 aromatic rings. The molecule has 1 atom stereocenters. The van der Waals surface area contributed by atoms with Crippen LogP contribution in [0.25, 0.3) is 11.1 Å². The first kappa shape index (κ1) is 27.6. The van der Waals surface area contributed by atoms with Gasteiger partial charge in [0.05, 0.1) is 13.2 Å². The number of alkyl halides is 3. The molecule has 38 heavy (non-hydrogen) atoms. The van der Waals surface area contributed by atoms with E-state index in [9.17, 15) is 27.6 Å². The number of carbonyl (C=O) groups is 3. The van der Waals surface area contributed by atoms with Crippen molar-refractivity contribution in [2.24, 2.45) is 0 Å². The Bertz CT molecular complexity index is 1100. The summed E-state index contributed by atoms with van der Waals surface area (Å²) in [5.41, 5.74) is 4.03. The van der Waals surface area contributed by atoms with Gasteiger partial charge in [-0.3, -0.25) is 4.90 Å². The summed E-state index contributed by atoms with van der Waals surface area (Å²) in [4.78, 5) is 38.4. The number of benzene rings is 2. The number of unbranched alkanes of at least 4 members (excludes halogenated alkanes) is 1. The van der Waals surface area contributed by atoms with Crippen molar-refractivity contribution in [1.29, 1.82) is 0 Å². The van der Waals surface area contributed by atoms with Crippen molar-refractivity contribution in [3.8, 4) is 11.1 Å². The number of ether oxygens (including phenoxy) is 3. The number of carbonyl (C=O) groups excluding carboxylic acids is 3. The molecule has 1 aliphatic heterocycles. The molecule has 1 aliphatic carbocycles. The zero-order valence-corrected chi connectivity index (χ0v) is 20.7. The van der Waals surface area contributed by atoms with Gasteiger partial charge in [-0.15, -0.1) is 0 Å². The highest BCUT2D eigenvalue weighted by Gasteiger charge is 2.43. The molecule has 1 fully saturated rings. The smallest absolute Gasteiger partial charge is 0.449 e. The van der Waals surface area contributed by atoms with Gasteiger partial charge in [0.15, 0.2) is 0 Å². The maximum Gasteiger partial charge on any atom is 0.491 e. The molecule has 204 valence electrons. The fourth-order valence-corrected chi connectivity index (χ4v) is 4.76. The molecule has 0 bridgehead atoms. The molecule has 0 spiro atoms. The van der Waals surface area contributed by atoms with Gasteiger partial charge in [-0.1, -0.05) is 48.5 Å². The molecule has 0 aromatic heterocycles. The van der Waals surface area contributed by atoms with Crippen molar-refractivity contribution < 1.29 is 41.8 Å². The molecular formula is C27H29F3N2O6. The number of amides is 1. The third-order valence-corrected chi connectivity index (χ3v) is 6.67. The van der Waals surface area contributed by atoms with E-state index in [2.05, 4.69) is 15.0 Å². The van der Waals surface area contributed by atoms with Crippen molar-refractivity contribution in [2.75, 3.05) is 39.5 Å². The molecule has 11 heteroatoms. The van der Waals surface area contributed by atoms with Gasteiger partial charge < -0.3 is 19.5 Å². The lowest BCUT2D eigenvalue weighted by molar-refractivity contribution is -0.202. The van der Waals surface area contributed by atoms with Crippen LogP contribution in [0.15, 0.2) is 48.5 Å². The third kappa shape index (κ3) is 6.90. The minimum Gasteiger partial charge on any atom is -0.449 e. The second-order valence-electron chi connectivity index (χ2n) is 9.18. The van der Waals surface area contributed by atoms with Crippen LogP contribution in [0, 0.1) is 0 Å². The SMILES string of the molecule is O=C(N[C@@H](CCCCN1CCOCC1)C(=O)OC(=O)C(F)(F)F)OCC1c2ccccc2-c2ccccc21. The first-order valence-electron chi connectivity index (χ1n) is 12.5. The van der Waals surface area contributed by atoms with Gasteiger partial charge in [0.25, 0.3) is 0 Å². The van der Waals surface area contributed by atoms with E-state index < -0.39 is 30.2 Å². The van der Waals surface area contributed by atoms with Crippen LogP contribution in [-0.2, 0) is 23.8 Å². The van der Waals surface area contributed by atoms with Gasteiger partial charge in [0.1, 0.15) is 12.6 Å². The van der Waals surface area contributed by atoms with E-state index in [1.165, 1.54) is 0 Å². The molecule has 2 aromatic carbocycles. The van der Waals surface area contributed by atoms with Crippen LogP contribution in [0.5, 0.6) is 0 Å². The van der Waals surface area contributed by atoms with Crippen molar-refractivity contribution >= 4 is 18.0 Å². The van der Waals surface area contributed by atoms with E-state index in [-0.39, 0.29) is 18.9 Å². The number of nitrogens with one attached hydrogen (secondary N) is 1. The van der Waals surface area contributed by atoms with Crippen LogP contribution in [0.1, 0.15) is 36.3 Å². The van der Waals surface area contributed by atoms with Gasteiger partial charge in [-0.05, 0) is 48.1 Å². The number of fused-ring (bicyclic) bond motifs is 3.